The lowest BCUT2D eigenvalue weighted by Gasteiger charge is -2.14. The van der Waals surface area contributed by atoms with Crippen LogP contribution in [-0.4, -0.2) is 29.0 Å². The fraction of sp³-hybridized carbons (Fsp3) is 0.211. The van der Waals surface area contributed by atoms with Gasteiger partial charge >= 0.3 is 0 Å². The summed E-state index contributed by atoms with van der Waals surface area (Å²) in [6.07, 6.45) is 2.69. The van der Waals surface area contributed by atoms with Crippen LogP contribution in [0.5, 0.6) is 0 Å². The van der Waals surface area contributed by atoms with E-state index in [-0.39, 0.29) is 5.78 Å². The summed E-state index contributed by atoms with van der Waals surface area (Å²) in [5, 5.41) is 0.967. The van der Waals surface area contributed by atoms with E-state index in [0.717, 1.165) is 16.5 Å². The minimum atomic E-state index is -0.536. The molecular weight excluding hydrogens is 304 g/mol. The first-order chi connectivity index (χ1) is 11.8. The Labute approximate surface area is 139 Å². The quantitative estimate of drug-likeness (QED) is 0.693. The molecular formula is C19H16N2O3. The third-order valence-electron chi connectivity index (χ3n) is 4.22. The number of aryl methyl sites for hydroxylation is 1. The van der Waals surface area contributed by atoms with Crippen molar-refractivity contribution in [1.82, 2.24) is 9.97 Å². The minimum absolute atomic E-state index is 0.166. The SMILES string of the molecule is Cc1c(C(=O)c2ncccc2C2OCCO2)cnc2ccccc12. The Hall–Kier alpha value is -2.63. The zero-order valence-corrected chi connectivity index (χ0v) is 13.2. The van der Waals surface area contributed by atoms with Gasteiger partial charge in [-0.3, -0.25) is 14.8 Å². The smallest absolute Gasteiger partial charge is 0.213 e. The van der Waals surface area contributed by atoms with Crippen LogP contribution in [0.1, 0.15) is 33.5 Å². The molecule has 3 aromatic rings. The van der Waals surface area contributed by atoms with Crippen molar-refractivity contribution in [2.45, 2.75) is 13.2 Å². The molecule has 0 saturated carbocycles. The number of hydrogen-bond acceptors (Lipinski definition) is 5. The van der Waals surface area contributed by atoms with Gasteiger partial charge in [0, 0.05) is 28.9 Å². The molecule has 120 valence electrons. The number of ketones is 1. The van der Waals surface area contributed by atoms with E-state index in [1.54, 1.807) is 18.5 Å². The molecule has 0 aliphatic carbocycles. The van der Waals surface area contributed by atoms with Gasteiger partial charge in [-0.25, -0.2) is 0 Å². The maximum Gasteiger partial charge on any atom is 0.213 e. The van der Waals surface area contributed by atoms with E-state index in [1.165, 1.54) is 0 Å². The standard InChI is InChI=1S/C19H16N2O3/c1-12-13-5-2-3-7-16(13)21-11-15(12)18(22)17-14(6-4-8-20-17)19-23-9-10-24-19/h2-8,11,19H,9-10H2,1H3. The average Bonchev–Trinajstić information content (AvgIpc) is 3.16. The van der Waals surface area contributed by atoms with Gasteiger partial charge in [0.2, 0.25) is 5.78 Å². The van der Waals surface area contributed by atoms with Crippen LogP contribution in [-0.2, 0) is 9.47 Å². The summed E-state index contributed by atoms with van der Waals surface area (Å²) in [6, 6.07) is 11.4. The monoisotopic (exact) mass is 320 g/mol. The molecule has 24 heavy (non-hydrogen) atoms. The lowest BCUT2D eigenvalue weighted by atomic mass is 9.98. The summed E-state index contributed by atoms with van der Waals surface area (Å²) < 4.78 is 11.1. The number of ether oxygens (including phenoxy) is 2. The topological polar surface area (TPSA) is 61.3 Å². The van der Waals surface area contributed by atoms with Crippen molar-refractivity contribution in [2.24, 2.45) is 0 Å². The summed E-state index contributed by atoms with van der Waals surface area (Å²) in [5.74, 6) is -0.166. The van der Waals surface area contributed by atoms with Crippen LogP contribution in [0.15, 0.2) is 48.8 Å². The molecule has 1 aliphatic heterocycles. The third-order valence-corrected chi connectivity index (χ3v) is 4.22. The van der Waals surface area contributed by atoms with Gasteiger partial charge in [0.1, 0.15) is 5.69 Å². The first-order valence-corrected chi connectivity index (χ1v) is 7.83. The summed E-state index contributed by atoms with van der Waals surface area (Å²) in [4.78, 5) is 21.8. The fourth-order valence-electron chi connectivity index (χ4n) is 2.97. The van der Waals surface area contributed by atoms with Gasteiger partial charge in [-0.1, -0.05) is 24.3 Å². The number of fused-ring (bicyclic) bond motifs is 1. The number of carbonyl (C=O) groups is 1. The van der Waals surface area contributed by atoms with E-state index >= 15 is 0 Å². The van der Waals surface area contributed by atoms with E-state index in [2.05, 4.69) is 9.97 Å². The van der Waals surface area contributed by atoms with Crippen molar-refractivity contribution in [3.63, 3.8) is 0 Å². The fourth-order valence-corrected chi connectivity index (χ4v) is 2.97. The maximum absolute atomic E-state index is 13.1. The van der Waals surface area contributed by atoms with Crippen LogP contribution in [0.2, 0.25) is 0 Å². The molecule has 0 atom stereocenters. The molecule has 0 radical (unpaired) electrons. The number of nitrogens with zero attached hydrogens (tertiary/aromatic N) is 2. The first-order valence-electron chi connectivity index (χ1n) is 7.83. The van der Waals surface area contributed by atoms with E-state index in [4.69, 9.17) is 9.47 Å². The molecule has 0 unspecified atom stereocenters. The van der Waals surface area contributed by atoms with Crippen molar-refractivity contribution in [2.75, 3.05) is 13.2 Å². The number of para-hydroxylation sites is 1. The zero-order chi connectivity index (χ0) is 16.5. The highest BCUT2D eigenvalue weighted by Gasteiger charge is 2.26. The molecule has 2 aromatic heterocycles. The Kier molecular flexibility index (Phi) is 3.80. The number of benzene rings is 1. The van der Waals surface area contributed by atoms with Gasteiger partial charge in [0.15, 0.2) is 6.29 Å². The molecule has 0 N–H and O–H groups in total. The Balaban J connectivity index is 1.81. The summed E-state index contributed by atoms with van der Waals surface area (Å²) >= 11 is 0. The van der Waals surface area contributed by atoms with Gasteiger partial charge in [0.05, 0.1) is 18.7 Å². The van der Waals surface area contributed by atoms with Crippen LogP contribution < -0.4 is 0 Å². The van der Waals surface area contributed by atoms with Gasteiger partial charge in [-0.2, -0.15) is 0 Å². The van der Waals surface area contributed by atoms with Crippen LogP contribution in [0.3, 0.4) is 0 Å². The van der Waals surface area contributed by atoms with Gasteiger partial charge in [-0.05, 0) is 24.6 Å². The van der Waals surface area contributed by atoms with Crippen LogP contribution >= 0.6 is 0 Å². The molecule has 0 bridgehead atoms. The molecule has 5 nitrogen and oxygen atoms in total. The Morgan fingerprint density at radius 2 is 1.88 bits per heavy atom. The minimum Gasteiger partial charge on any atom is -0.346 e. The number of carbonyl (C=O) groups excluding carboxylic acids is 1. The zero-order valence-electron chi connectivity index (χ0n) is 13.2. The second kappa shape index (κ2) is 6.11. The van der Waals surface area contributed by atoms with E-state index in [0.29, 0.717) is 30.0 Å². The second-order valence-electron chi connectivity index (χ2n) is 5.66. The second-order valence-corrected chi connectivity index (χ2v) is 5.66. The maximum atomic E-state index is 13.1. The molecule has 1 saturated heterocycles. The Bertz CT molecular complexity index is 917. The van der Waals surface area contributed by atoms with Crippen molar-refractivity contribution in [1.29, 1.82) is 0 Å². The number of hydrogen-bond donors (Lipinski definition) is 0. The number of pyridine rings is 2. The number of aromatic nitrogens is 2. The lowest BCUT2D eigenvalue weighted by Crippen LogP contribution is -2.13. The van der Waals surface area contributed by atoms with Crippen LogP contribution in [0.4, 0.5) is 0 Å². The van der Waals surface area contributed by atoms with E-state index < -0.39 is 6.29 Å². The molecule has 1 aromatic carbocycles. The van der Waals surface area contributed by atoms with Gasteiger partial charge < -0.3 is 9.47 Å². The highest BCUT2D eigenvalue weighted by Crippen LogP contribution is 2.28. The molecule has 1 aliphatic rings. The molecule has 1 fully saturated rings. The van der Waals surface area contributed by atoms with Crippen molar-refractivity contribution >= 4 is 16.7 Å². The summed E-state index contributed by atoms with van der Waals surface area (Å²) in [7, 11) is 0. The molecule has 4 rings (SSSR count). The third kappa shape index (κ3) is 2.48. The molecule has 0 amide bonds. The first kappa shape index (κ1) is 14.9. The van der Waals surface area contributed by atoms with Crippen LogP contribution in [0.25, 0.3) is 10.9 Å². The molecule has 5 heteroatoms. The summed E-state index contributed by atoms with van der Waals surface area (Å²) in [6.45, 7) is 2.97. The molecule has 3 heterocycles. The van der Waals surface area contributed by atoms with Crippen molar-refractivity contribution in [3.8, 4) is 0 Å². The average molecular weight is 320 g/mol. The molecule has 0 spiro atoms. The van der Waals surface area contributed by atoms with Gasteiger partial charge in [-0.15, -0.1) is 0 Å². The Morgan fingerprint density at radius 3 is 2.71 bits per heavy atom. The largest absolute Gasteiger partial charge is 0.346 e. The van der Waals surface area contributed by atoms with E-state index in [9.17, 15) is 4.79 Å². The van der Waals surface area contributed by atoms with Crippen molar-refractivity contribution < 1.29 is 14.3 Å². The highest BCUT2D eigenvalue weighted by molar-refractivity contribution is 6.11. The lowest BCUT2D eigenvalue weighted by molar-refractivity contribution is -0.0447. The normalized spacial score (nSPS) is 15.0. The van der Waals surface area contributed by atoms with Crippen LogP contribution in [0, 0.1) is 6.92 Å². The van der Waals surface area contributed by atoms with E-state index in [1.807, 2.05) is 37.3 Å². The Morgan fingerprint density at radius 1 is 1.08 bits per heavy atom. The van der Waals surface area contributed by atoms with Crippen molar-refractivity contribution in [3.05, 3.63) is 71.2 Å². The predicted molar refractivity (Wildman–Crippen MR) is 88.8 cm³/mol. The predicted octanol–water partition coefficient (Wildman–Crippen LogP) is 3.21. The number of rotatable bonds is 3. The highest BCUT2D eigenvalue weighted by atomic mass is 16.7. The summed E-state index contributed by atoms with van der Waals surface area (Å²) in [5.41, 5.74) is 3.33. The van der Waals surface area contributed by atoms with Gasteiger partial charge in [0.25, 0.3) is 0 Å².